The number of hydrogen-bond donors (Lipinski definition) is 2. The second-order valence-electron chi connectivity index (χ2n) is 6.56. The van der Waals surface area contributed by atoms with Crippen LogP contribution in [0.5, 0.6) is 0 Å². The molecule has 2 N–H and O–H groups in total. The van der Waals surface area contributed by atoms with Crippen LogP contribution in [0.1, 0.15) is 38.8 Å². The second kappa shape index (κ2) is 4.18. The van der Waals surface area contributed by atoms with Crippen LogP contribution < -0.4 is 10.6 Å². The highest BCUT2D eigenvalue weighted by atomic mass is 15.0. The minimum absolute atomic E-state index is 0.614. The summed E-state index contributed by atoms with van der Waals surface area (Å²) < 4.78 is 0. The van der Waals surface area contributed by atoms with E-state index in [9.17, 15) is 0 Å². The van der Waals surface area contributed by atoms with Crippen LogP contribution in [0.3, 0.4) is 0 Å². The fourth-order valence-corrected chi connectivity index (χ4v) is 3.08. The molecule has 3 rings (SSSR count). The summed E-state index contributed by atoms with van der Waals surface area (Å²) in [5, 5.41) is 7.34. The number of nitrogens with one attached hydrogen (secondary N) is 2. The van der Waals surface area contributed by atoms with Crippen LogP contribution in [-0.4, -0.2) is 12.1 Å². The Balaban J connectivity index is 1.85. The van der Waals surface area contributed by atoms with Gasteiger partial charge in [0.1, 0.15) is 0 Å². The summed E-state index contributed by atoms with van der Waals surface area (Å²) in [7, 11) is 0. The normalized spacial score (nSPS) is 25.0. The third-order valence-corrected chi connectivity index (χ3v) is 4.50. The molecule has 2 aliphatic rings. The first-order valence-electron chi connectivity index (χ1n) is 7.23. The van der Waals surface area contributed by atoms with E-state index in [1.54, 1.807) is 0 Å². The molecule has 0 bridgehead atoms. The van der Waals surface area contributed by atoms with Gasteiger partial charge in [-0.05, 0) is 41.9 Å². The van der Waals surface area contributed by atoms with E-state index in [-0.39, 0.29) is 0 Å². The largest absolute Gasteiger partial charge is 0.381 e. The zero-order valence-electron chi connectivity index (χ0n) is 11.9. The van der Waals surface area contributed by atoms with Crippen LogP contribution >= 0.6 is 0 Å². The zero-order valence-corrected chi connectivity index (χ0v) is 11.9. The van der Waals surface area contributed by atoms with Gasteiger partial charge in [0.25, 0.3) is 0 Å². The summed E-state index contributed by atoms with van der Waals surface area (Å²) in [6.07, 6.45) is 2.37. The summed E-state index contributed by atoms with van der Waals surface area (Å²) in [6, 6.07) is 5.98. The van der Waals surface area contributed by atoms with Crippen molar-refractivity contribution in [3.8, 4) is 0 Å². The summed E-state index contributed by atoms with van der Waals surface area (Å²) in [6.45, 7) is 9.18. The van der Waals surface area contributed by atoms with Gasteiger partial charge in [-0.2, -0.15) is 0 Å². The average molecular weight is 244 g/mol. The van der Waals surface area contributed by atoms with Gasteiger partial charge in [-0.3, -0.25) is 0 Å². The Morgan fingerprint density at radius 1 is 0.833 bits per heavy atom. The van der Waals surface area contributed by atoms with Crippen molar-refractivity contribution >= 4 is 11.4 Å². The molecule has 2 heteroatoms. The van der Waals surface area contributed by atoms with Crippen LogP contribution in [0.15, 0.2) is 12.1 Å². The molecule has 0 amide bonds. The van der Waals surface area contributed by atoms with Crippen molar-refractivity contribution < 1.29 is 0 Å². The van der Waals surface area contributed by atoms with Crippen LogP contribution in [-0.2, 0) is 12.8 Å². The van der Waals surface area contributed by atoms with Gasteiger partial charge in [-0.1, -0.05) is 33.8 Å². The van der Waals surface area contributed by atoms with Gasteiger partial charge in [0.2, 0.25) is 0 Å². The second-order valence-corrected chi connectivity index (χ2v) is 6.56. The lowest BCUT2D eigenvalue weighted by Crippen LogP contribution is -2.22. The average Bonchev–Trinajstić information content (AvgIpc) is 2.87. The van der Waals surface area contributed by atoms with Crippen LogP contribution in [0, 0.1) is 11.8 Å². The zero-order chi connectivity index (χ0) is 12.9. The summed E-state index contributed by atoms with van der Waals surface area (Å²) >= 11 is 0. The number of benzene rings is 1. The van der Waals surface area contributed by atoms with Crippen molar-refractivity contribution in [3.63, 3.8) is 0 Å². The molecule has 1 aromatic carbocycles. The molecule has 18 heavy (non-hydrogen) atoms. The fraction of sp³-hybridized carbons (Fsp3) is 0.625. The van der Waals surface area contributed by atoms with Gasteiger partial charge in [-0.25, -0.2) is 0 Å². The first-order valence-corrected chi connectivity index (χ1v) is 7.23. The third kappa shape index (κ3) is 1.88. The molecule has 98 valence electrons. The number of rotatable bonds is 2. The summed E-state index contributed by atoms with van der Waals surface area (Å²) in [4.78, 5) is 0. The van der Waals surface area contributed by atoms with E-state index in [4.69, 9.17) is 0 Å². The fourth-order valence-electron chi connectivity index (χ4n) is 3.08. The minimum Gasteiger partial charge on any atom is -0.381 e. The molecular formula is C16H24N2. The Morgan fingerprint density at radius 3 is 1.67 bits per heavy atom. The minimum atomic E-state index is 0.614. The molecule has 0 aromatic heterocycles. The molecule has 2 nitrogen and oxygen atoms in total. The Bertz CT molecular complexity index is 388. The van der Waals surface area contributed by atoms with Gasteiger partial charge in [0, 0.05) is 23.5 Å². The Kier molecular flexibility index (Phi) is 2.76. The van der Waals surface area contributed by atoms with Crippen LogP contribution in [0.25, 0.3) is 0 Å². The van der Waals surface area contributed by atoms with Crippen LogP contribution in [0.2, 0.25) is 0 Å². The topological polar surface area (TPSA) is 24.1 Å². The van der Waals surface area contributed by atoms with Crippen molar-refractivity contribution in [3.05, 3.63) is 23.3 Å². The number of hydrogen-bond acceptors (Lipinski definition) is 2. The molecule has 1 aromatic rings. The Labute approximate surface area is 110 Å². The lowest BCUT2D eigenvalue weighted by atomic mass is 9.97. The molecule has 2 aliphatic heterocycles. The third-order valence-electron chi connectivity index (χ3n) is 4.50. The maximum absolute atomic E-state index is 3.67. The highest BCUT2D eigenvalue weighted by molar-refractivity contribution is 5.70. The standard InChI is InChI=1S/C16H24N2/c1-9(2)13-6-11-5-12-7-14(10(3)4)18-16(12)8-15(11)17-13/h5,8-10,13-14,17-18H,6-7H2,1-4H3. The Morgan fingerprint density at radius 2 is 1.28 bits per heavy atom. The SMILES string of the molecule is CC(C)C1Cc2cc3c(cc2N1)NC(C(C)C)C3. The maximum Gasteiger partial charge on any atom is 0.0396 e. The van der Waals surface area contributed by atoms with Crippen molar-refractivity contribution in [1.82, 2.24) is 0 Å². The summed E-state index contributed by atoms with van der Waals surface area (Å²) in [5.74, 6) is 1.40. The van der Waals surface area contributed by atoms with Crippen molar-refractivity contribution in [2.24, 2.45) is 11.8 Å². The van der Waals surface area contributed by atoms with Crippen LogP contribution in [0.4, 0.5) is 11.4 Å². The van der Waals surface area contributed by atoms with E-state index in [2.05, 4.69) is 50.5 Å². The summed E-state index contributed by atoms with van der Waals surface area (Å²) in [5.41, 5.74) is 5.73. The van der Waals surface area contributed by atoms with Crippen molar-refractivity contribution in [2.45, 2.75) is 52.6 Å². The highest BCUT2D eigenvalue weighted by Crippen LogP contribution is 2.38. The lowest BCUT2D eigenvalue weighted by Gasteiger charge is -2.16. The lowest BCUT2D eigenvalue weighted by molar-refractivity contribution is 0.535. The molecular weight excluding hydrogens is 220 g/mol. The molecule has 2 heterocycles. The van der Waals surface area contributed by atoms with E-state index in [1.165, 1.54) is 35.3 Å². The van der Waals surface area contributed by atoms with Gasteiger partial charge >= 0.3 is 0 Å². The first-order chi connectivity index (χ1) is 8.54. The molecule has 0 spiro atoms. The maximum atomic E-state index is 3.67. The predicted molar refractivity (Wildman–Crippen MR) is 78.3 cm³/mol. The molecule has 0 saturated heterocycles. The van der Waals surface area contributed by atoms with Gasteiger partial charge in [-0.15, -0.1) is 0 Å². The molecule has 0 saturated carbocycles. The van der Waals surface area contributed by atoms with Gasteiger partial charge in [0.15, 0.2) is 0 Å². The number of fused-ring (bicyclic) bond motifs is 2. The van der Waals surface area contributed by atoms with Gasteiger partial charge in [0.05, 0.1) is 0 Å². The molecule has 0 aliphatic carbocycles. The van der Waals surface area contributed by atoms with E-state index in [1.807, 2.05) is 0 Å². The molecule has 2 atom stereocenters. The predicted octanol–water partition coefficient (Wildman–Crippen LogP) is 3.67. The first kappa shape index (κ1) is 11.9. The Hall–Kier alpha value is -1.18. The smallest absolute Gasteiger partial charge is 0.0396 e. The van der Waals surface area contributed by atoms with E-state index in [0.717, 1.165) is 0 Å². The van der Waals surface area contributed by atoms with E-state index >= 15 is 0 Å². The molecule has 2 unspecified atom stereocenters. The van der Waals surface area contributed by atoms with Crippen molar-refractivity contribution in [2.75, 3.05) is 10.6 Å². The quantitative estimate of drug-likeness (QED) is 0.829. The van der Waals surface area contributed by atoms with Gasteiger partial charge < -0.3 is 10.6 Å². The monoisotopic (exact) mass is 244 g/mol. The number of anilines is 2. The van der Waals surface area contributed by atoms with E-state index < -0.39 is 0 Å². The highest BCUT2D eigenvalue weighted by Gasteiger charge is 2.28. The van der Waals surface area contributed by atoms with E-state index in [0.29, 0.717) is 23.9 Å². The molecule has 0 radical (unpaired) electrons. The molecule has 0 fully saturated rings. The van der Waals surface area contributed by atoms with Crippen molar-refractivity contribution in [1.29, 1.82) is 0 Å².